The Hall–Kier alpha value is -1.82. The maximum absolute atomic E-state index is 5.93. The molecule has 0 amide bonds. The molecular formula is C13H22N4O2. The summed E-state index contributed by atoms with van der Waals surface area (Å²) in [4.78, 5) is 8.08. The second-order valence-corrected chi connectivity index (χ2v) is 4.54. The Kier molecular flexibility index (Phi) is 6.08. The summed E-state index contributed by atoms with van der Waals surface area (Å²) in [6, 6.07) is 0. The molecule has 0 radical (unpaired) electrons. The van der Waals surface area contributed by atoms with Crippen LogP contribution in [-0.4, -0.2) is 35.8 Å². The predicted octanol–water partition coefficient (Wildman–Crippen LogP) is 1.85. The van der Waals surface area contributed by atoms with Gasteiger partial charge in [-0.2, -0.15) is 4.98 Å². The second kappa shape index (κ2) is 7.58. The van der Waals surface area contributed by atoms with Crippen LogP contribution in [0.3, 0.4) is 0 Å². The zero-order valence-corrected chi connectivity index (χ0v) is 11.8. The van der Waals surface area contributed by atoms with E-state index < -0.39 is 0 Å². The van der Waals surface area contributed by atoms with E-state index in [0.29, 0.717) is 37.1 Å². The van der Waals surface area contributed by atoms with Gasteiger partial charge in [-0.05, 0) is 20.8 Å². The van der Waals surface area contributed by atoms with Crippen LogP contribution >= 0.6 is 0 Å². The SMILES string of the molecule is C=C(C)COCCNc1ncnc(OC(C)C)c1N. The monoisotopic (exact) mass is 266 g/mol. The molecule has 19 heavy (non-hydrogen) atoms. The van der Waals surface area contributed by atoms with Gasteiger partial charge in [-0.1, -0.05) is 12.2 Å². The molecule has 3 N–H and O–H groups in total. The standard InChI is InChI=1S/C13H22N4O2/c1-9(2)7-18-6-5-15-12-11(14)13(17-8-16-12)19-10(3)4/h8,10H,1,5-7,14H2,2-4H3,(H,15,16,17). The van der Waals surface area contributed by atoms with Crippen LogP contribution in [0.15, 0.2) is 18.5 Å². The van der Waals surface area contributed by atoms with Crippen LogP contribution in [-0.2, 0) is 4.74 Å². The van der Waals surface area contributed by atoms with Crippen molar-refractivity contribution >= 4 is 11.5 Å². The Morgan fingerprint density at radius 2 is 2.21 bits per heavy atom. The Labute approximate surface area is 114 Å². The van der Waals surface area contributed by atoms with E-state index in [1.165, 1.54) is 6.33 Å². The molecule has 0 aromatic carbocycles. The summed E-state index contributed by atoms with van der Waals surface area (Å²) < 4.78 is 10.9. The van der Waals surface area contributed by atoms with Crippen molar-refractivity contribution in [3.8, 4) is 5.88 Å². The lowest BCUT2D eigenvalue weighted by Crippen LogP contribution is -2.15. The first-order valence-corrected chi connectivity index (χ1v) is 6.23. The van der Waals surface area contributed by atoms with E-state index in [9.17, 15) is 0 Å². The van der Waals surface area contributed by atoms with Gasteiger partial charge in [-0.15, -0.1) is 0 Å². The molecule has 0 aliphatic heterocycles. The fraction of sp³-hybridized carbons (Fsp3) is 0.538. The van der Waals surface area contributed by atoms with Gasteiger partial charge in [0.25, 0.3) is 0 Å². The van der Waals surface area contributed by atoms with E-state index in [-0.39, 0.29) is 6.10 Å². The molecule has 0 aliphatic rings. The van der Waals surface area contributed by atoms with E-state index in [0.717, 1.165) is 5.57 Å². The molecule has 1 heterocycles. The fourth-order valence-electron chi connectivity index (χ4n) is 1.33. The minimum Gasteiger partial charge on any atom is -0.473 e. The van der Waals surface area contributed by atoms with Gasteiger partial charge in [0, 0.05) is 6.54 Å². The summed E-state index contributed by atoms with van der Waals surface area (Å²) in [5.74, 6) is 0.958. The molecule has 0 bridgehead atoms. The molecule has 1 aromatic heterocycles. The summed E-state index contributed by atoms with van der Waals surface area (Å²) in [6.07, 6.45) is 1.44. The molecule has 0 aliphatic carbocycles. The van der Waals surface area contributed by atoms with Gasteiger partial charge in [-0.3, -0.25) is 0 Å². The quantitative estimate of drug-likeness (QED) is 0.552. The number of nitrogens with zero attached hydrogens (tertiary/aromatic N) is 2. The maximum Gasteiger partial charge on any atom is 0.242 e. The summed E-state index contributed by atoms with van der Waals surface area (Å²) in [6.45, 7) is 11.2. The van der Waals surface area contributed by atoms with Crippen molar-refractivity contribution in [1.29, 1.82) is 0 Å². The Bertz CT molecular complexity index is 421. The lowest BCUT2D eigenvalue weighted by atomic mass is 10.4. The molecule has 0 saturated carbocycles. The first-order valence-electron chi connectivity index (χ1n) is 6.23. The van der Waals surface area contributed by atoms with Gasteiger partial charge in [0.2, 0.25) is 5.88 Å². The highest BCUT2D eigenvalue weighted by Gasteiger charge is 2.09. The van der Waals surface area contributed by atoms with Crippen LogP contribution in [0.2, 0.25) is 0 Å². The molecule has 0 atom stereocenters. The lowest BCUT2D eigenvalue weighted by Gasteiger charge is -2.13. The van der Waals surface area contributed by atoms with Crippen molar-refractivity contribution in [2.24, 2.45) is 0 Å². The predicted molar refractivity (Wildman–Crippen MR) is 76.3 cm³/mol. The van der Waals surface area contributed by atoms with Crippen molar-refractivity contribution in [1.82, 2.24) is 9.97 Å². The smallest absolute Gasteiger partial charge is 0.242 e. The van der Waals surface area contributed by atoms with Gasteiger partial charge in [-0.25, -0.2) is 4.98 Å². The fourth-order valence-corrected chi connectivity index (χ4v) is 1.33. The molecule has 106 valence electrons. The van der Waals surface area contributed by atoms with E-state index in [4.69, 9.17) is 15.2 Å². The van der Waals surface area contributed by atoms with Gasteiger partial charge >= 0.3 is 0 Å². The highest BCUT2D eigenvalue weighted by molar-refractivity contribution is 5.66. The lowest BCUT2D eigenvalue weighted by molar-refractivity contribution is 0.167. The maximum atomic E-state index is 5.93. The molecule has 1 rings (SSSR count). The third kappa shape index (κ3) is 5.56. The molecule has 0 fully saturated rings. The van der Waals surface area contributed by atoms with Crippen molar-refractivity contribution in [3.05, 3.63) is 18.5 Å². The van der Waals surface area contributed by atoms with Crippen molar-refractivity contribution in [2.45, 2.75) is 26.9 Å². The van der Waals surface area contributed by atoms with Gasteiger partial charge < -0.3 is 20.5 Å². The third-order valence-electron chi connectivity index (χ3n) is 2.08. The Balaban J connectivity index is 2.47. The highest BCUT2D eigenvalue weighted by Crippen LogP contribution is 2.24. The average molecular weight is 266 g/mol. The van der Waals surface area contributed by atoms with Crippen LogP contribution in [0.5, 0.6) is 5.88 Å². The van der Waals surface area contributed by atoms with Crippen LogP contribution in [0.4, 0.5) is 11.5 Å². The molecule has 0 saturated heterocycles. The largest absolute Gasteiger partial charge is 0.473 e. The first kappa shape index (κ1) is 15.2. The average Bonchev–Trinajstić information content (AvgIpc) is 2.32. The molecule has 1 aromatic rings. The first-order chi connectivity index (χ1) is 9.00. The minimum atomic E-state index is 0.0175. The minimum absolute atomic E-state index is 0.0175. The summed E-state index contributed by atoms with van der Waals surface area (Å²) in [5, 5.41) is 3.09. The van der Waals surface area contributed by atoms with Crippen molar-refractivity contribution in [3.63, 3.8) is 0 Å². The number of aromatic nitrogens is 2. The summed E-state index contributed by atoms with van der Waals surface area (Å²) in [7, 11) is 0. The number of nitrogens with one attached hydrogen (secondary N) is 1. The molecule has 0 unspecified atom stereocenters. The number of anilines is 2. The third-order valence-corrected chi connectivity index (χ3v) is 2.08. The van der Waals surface area contributed by atoms with Gasteiger partial charge in [0.15, 0.2) is 5.82 Å². The number of hydrogen-bond donors (Lipinski definition) is 2. The molecule has 6 heteroatoms. The van der Waals surface area contributed by atoms with Gasteiger partial charge in [0.1, 0.15) is 12.0 Å². The number of rotatable bonds is 8. The number of hydrogen-bond acceptors (Lipinski definition) is 6. The van der Waals surface area contributed by atoms with Gasteiger partial charge in [0.05, 0.1) is 19.3 Å². The van der Waals surface area contributed by atoms with Crippen molar-refractivity contribution in [2.75, 3.05) is 30.8 Å². The van der Waals surface area contributed by atoms with E-state index in [1.807, 2.05) is 20.8 Å². The molecular weight excluding hydrogens is 244 g/mol. The van der Waals surface area contributed by atoms with E-state index in [2.05, 4.69) is 21.9 Å². The van der Waals surface area contributed by atoms with Crippen LogP contribution < -0.4 is 15.8 Å². The normalized spacial score (nSPS) is 10.5. The van der Waals surface area contributed by atoms with E-state index in [1.54, 1.807) is 0 Å². The second-order valence-electron chi connectivity index (χ2n) is 4.54. The van der Waals surface area contributed by atoms with E-state index >= 15 is 0 Å². The summed E-state index contributed by atoms with van der Waals surface area (Å²) >= 11 is 0. The zero-order valence-electron chi connectivity index (χ0n) is 11.8. The molecule has 0 spiro atoms. The zero-order chi connectivity index (χ0) is 14.3. The van der Waals surface area contributed by atoms with Crippen LogP contribution in [0.25, 0.3) is 0 Å². The van der Waals surface area contributed by atoms with Crippen molar-refractivity contribution < 1.29 is 9.47 Å². The number of nitrogen functional groups attached to an aromatic ring is 1. The highest BCUT2D eigenvalue weighted by atomic mass is 16.5. The number of ether oxygens (including phenoxy) is 2. The molecule has 6 nitrogen and oxygen atoms in total. The topological polar surface area (TPSA) is 82.3 Å². The van der Waals surface area contributed by atoms with Crippen LogP contribution in [0, 0.1) is 0 Å². The van der Waals surface area contributed by atoms with Crippen LogP contribution in [0.1, 0.15) is 20.8 Å². The Morgan fingerprint density at radius 3 is 2.84 bits per heavy atom. The Morgan fingerprint density at radius 1 is 1.47 bits per heavy atom. The number of nitrogens with two attached hydrogens (primary N) is 1. The summed E-state index contributed by atoms with van der Waals surface area (Å²) in [5.41, 5.74) is 7.33.